The number of aryl methyl sites for hydroxylation is 1. The van der Waals surface area contributed by atoms with Crippen LogP contribution >= 0.6 is 12.6 Å². The van der Waals surface area contributed by atoms with Gasteiger partial charge in [-0.2, -0.15) is 12.6 Å². The van der Waals surface area contributed by atoms with E-state index in [2.05, 4.69) is 17.9 Å². The average Bonchev–Trinajstić information content (AvgIpc) is 2.30. The molecule has 17 heavy (non-hydrogen) atoms. The molecular weight excluding hydrogens is 234 g/mol. The lowest BCUT2D eigenvalue weighted by molar-refractivity contribution is -0.116. The van der Waals surface area contributed by atoms with E-state index in [0.717, 1.165) is 17.0 Å². The van der Waals surface area contributed by atoms with Crippen LogP contribution in [0.25, 0.3) is 0 Å². The summed E-state index contributed by atoms with van der Waals surface area (Å²) in [6.45, 7) is 5.87. The number of carbonyl (C=O) groups is 1. The summed E-state index contributed by atoms with van der Waals surface area (Å²) in [6, 6.07) is 5.55. The van der Waals surface area contributed by atoms with Gasteiger partial charge in [0.05, 0.1) is 12.4 Å². The maximum Gasteiger partial charge on any atom is 0.237 e. The highest BCUT2D eigenvalue weighted by Crippen LogP contribution is 2.22. The van der Waals surface area contributed by atoms with E-state index >= 15 is 0 Å². The van der Waals surface area contributed by atoms with E-state index in [0.29, 0.717) is 0 Å². The van der Waals surface area contributed by atoms with Crippen molar-refractivity contribution < 1.29 is 9.53 Å². The van der Waals surface area contributed by atoms with Crippen molar-refractivity contribution in [3.63, 3.8) is 0 Å². The van der Waals surface area contributed by atoms with Crippen molar-refractivity contribution in [3.05, 3.63) is 23.8 Å². The zero-order valence-electron chi connectivity index (χ0n) is 10.7. The van der Waals surface area contributed by atoms with Crippen LogP contribution in [0, 0.1) is 12.8 Å². The zero-order chi connectivity index (χ0) is 13.0. The van der Waals surface area contributed by atoms with Crippen molar-refractivity contribution in [2.24, 2.45) is 5.92 Å². The third-order valence-corrected chi connectivity index (χ3v) is 3.42. The fourth-order valence-electron chi connectivity index (χ4n) is 1.41. The van der Waals surface area contributed by atoms with Crippen LogP contribution in [-0.4, -0.2) is 18.3 Å². The largest absolute Gasteiger partial charge is 0.497 e. The Morgan fingerprint density at radius 2 is 2.06 bits per heavy atom. The van der Waals surface area contributed by atoms with Crippen molar-refractivity contribution in [1.82, 2.24) is 0 Å². The molecule has 0 aromatic heterocycles. The van der Waals surface area contributed by atoms with Gasteiger partial charge in [0.25, 0.3) is 0 Å². The molecule has 0 saturated carbocycles. The number of benzene rings is 1. The minimum absolute atomic E-state index is 0.0726. The van der Waals surface area contributed by atoms with E-state index in [1.165, 1.54) is 0 Å². The summed E-state index contributed by atoms with van der Waals surface area (Å²) in [7, 11) is 1.62. The predicted molar refractivity (Wildman–Crippen MR) is 74.0 cm³/mol. The molecule has 0 fully saturated rings. The Balaban J connectivity index is 2.78. The summed E-state index contributed by atoms with van der Waals surface area (Å²) < 4.78 is 5.11. The molecule has 0 radical (unpaired) electrons. The van der Waals surface area contributed by atoms with Gasteiger partial charge in [-0.05, 0) is 36.6 Å². The molecule has 4 heteroatoms. The lowest BCUT2D eigenvalue weighted by atomic mass is 10.1. The number of hydrogen-bond acceptors (Lipinski definition) is 3. The minimum Gasteiger partial charge on any atom is -0.497 e. The first-order valence-corrected chi connectivity index (χ1v) is 6.11. The smallest absolute Gasteiger partial charge is 0.237 e. The van der Waals surface area contributed by atoms with Crippen LogP contribution in [0.5, 0.6) is 5.75 Å². The van der Waals surface area contributed by atoms with Crippen LogP contribution in [0.15, 0.2) is 18.2 Å². The van der Waals surface area contributed by atoms with Gasteiger partial charge < -0.3 is 10.1 Å². The van der Waals surface area contributed by atoms with E-state index < -0.39 is 0 Å². The van der Waals surface area contributed by atoms with Gasteiger partial charge in [-0.1, -0.05) is 13.8 Å². The Kier molecular flexibility index (Phi) is 4.87. The number of rotatable bonds is 4. The summed E-state index contributed by atoms with van der Waals surface area (Å²) >= 11 is 4.29. The number of nitrogens with one attached hydrogen (secondary N) is 1. The van der Waals surface area contributed by atoms with Crippen LogP contribution in [0.1, 0.15) is 19.4 Å². The van der Waals surface area contributed by atoms with E-state index in [4.69, 9.17) is 4.74 Å². The number of thiol groups is 1. The normalized spacial score (nSPS) is 12.4. The molecule has 1 amide bonds. The van der Waals surface area contributed by atoms with Gasteiger partial charge in [0.2, 0.25) is 5.91 Å². The van der Waals surface area contributed by atoms with Crippen molar-refractivity contribution in [2.75, 3.05) is 12.4 Å². The Morgan fingerprint density at radius 1 is 1.41 bits per heavy atom. The van der Waals surface area contributed by atoms with Gasteiger partial charge in [-0.15, -0.1) is 0 Å². The first kappa shape index (κ1) is 13.9. The average molecular weight is 253 g/mol. The molecule has 3 nitrogen and oxygen atoms in total. The van der Waals surface area contributed by atoms with E-state index in [1.54, 1.807) is 7.11 Å². The summed E-state index contributed by atoms with van der Waals surface area (Å²) in [5, 5.41) is 2.58. The number of hydrogen-bond donors (Lipinski definition) is 2. The van der Waals surface area contributed by atoms with Gasteiger partial charge >= 0.3 is 0 Å². The Labute approximate surface area is 108 Å². The molecular formula is C13H19NO2S. The van der Waals surface area contributed by atoms with Crippen molar-refractivity contribution >= 4 is 24.2 Å². The second-order valence-electron chi connectivity index (χ2n) is 4.36. The molecule has 1 unspecified atom stereocenters. The molecule has 1 atom stereocenters. The summed E-state index contributed by atoms with van der Waals surface area (Å²) in [6.07, 6.45) is 0. The van der Waals surface area contributed by atoms with E-state index in [9.17, 15) is 4.79 Å². The van der Waals surface area contributed by atoms with Crippen LogP contribution < -0.4 is 10.1 Å². The fraction of sp³-hybridized carbons (Fsp3) is 0.462. The molecule has 0 heterocycles. The van der Waals surface area contributed by atoms with Gasteiger partial charge in [0.1, 0.15) is 5.75 Å². The molecule has 0 spiro atoms. The molecule has 1 aromatic carbocycles. The highest BCUT2D eigenvalue weighted by atomic mass is 32.1. The second kappa shape index (κ2) is 5.96. The molecule has 94 valence electrons. The van der Waals surface area contributed by atoms with Crippen LogP contribution in [0.2, 0.25) is 0 Å². The van der Waals surface area contributed by atoms with E-state index in [-0.39, 0.29) is 17.1 Å². The quantitative estimate of drug-likeness (QED) is 0.810. The standard InChI is InChI=1S/C13H19NO2S/c1-8(2)12(17)13(15)14-11-6-5-10(16-4)7-9(11)3/h5-8,12,17H,1-4H3,(H,14,15). The zero-order valence-corrected chi connectivity index (χ0v) is 11.5. The van der Waals surface area contributed by atoms with Gasteiger partial charge in [-0.25, -0.2) is 0 Å². The highest BCUT2D eigenvalue weighted by molar-refractivity contribution is 7.81. The molecule has 0 aliphatic carbocycles. The number of carbonyl (C=O) groups excluding carboxylic acids is 1. The SMILES string of the molecule is COc1ccc(NC(=O)C(S)C(C)C)c(C)c1. The molecule has 0 aliphatic heterocycles. The number of anilines is 1. The topological polar surface area (TPSA) is 38.3 Å². The predicted octanol–water partition coefficient (Wildman–Crippen LogP) is 2.90. The third-order valence-electron chi connectivity index (χ3n) is 2.59. The van der Waals surface area contributed by atoms with Crippen molar-refractivity contribution in [3.8, 4) is 5.75 Å². The number of amides is 1. The Morgan fingerprint density at radius 3 is 2.53 bits per heavy atom. The second-order valence-corrected chi connectivity index (χ2v) is 4.92. The van der Waals surface area contributed by atoms with Crippen molar-refractivity contribution in [1.29, 1.82) is 0 Å². The van der Waals surface area contributed by atoms with E-state index in [1.807, 2.05) is 39.0 Å². The highest BCUT2D eigenvalue weighted by Gasteiger charge is 2.18. The molecule has 0 bridgehead atoms. The molecule has 0 aliphatic rings. The molecule has 0 saturated heterocycles. The van der Waals surface area contributed by atoms with Crippen LogP contribution in [0.4, 0.5) is 5.69 Å². The summed E-state index contributed by atoms with van der Waals surface area (Å²) in [5.74, 6) is 0.917. The maximum atomic E-state index is 11.8. The Bertz CT molecular complexity index is 404. The van der Waals surface area contributed by atoms with Crippen LogP contribution in [-0.2, 0) is 4.79 Å². The fourth-order valence-corrected chi connectivity index (χ4v) is 1.48. The lowest BCUT2D eigenvalue weighted by Crippen LogP contribution is -2.27. The number of ether oxygens (including phenoxy) is 1. The molecule has 1 N–H and O–H groups in total. The van der Waals surface area contributed by atoms with Crippen molar-refractivity contribution in [2.45, 2.75) is 26.0 Å². The first-order valence-electron chi connectivity index (χ1n) is 5.59. The molecule has 1 rings (SSSR count). The third kappa shape index (κ3) is 3.66. The number of methoxy groups -OCH3 is 1. The van der Waals surface area contributed by atoms with Gasteiger partial charge in [-0.3, -0.25) is 4.79 Å². The van der Waals surface area contributed by atoms with Gasteiger partial charge in [0.15, 0.2) is 0 Å². The maximum absolute atomic E-state index is 11.8. The summed E-state index contributed by atoms with van der Waals surface area (Å²) in [5.41, 5.74) is 1.78. The monoisotopic (exact) mass is 253 g/mol. The van der Waals surface area contributed by atoms with Gasteiger partial charge in [0, 0.05) is 5.69 Å². The molecule has 1 aromatic rings. The van der Waals surface area contributed by atoms with Crippen LogP contribution in [0.3, 0.4) is 0 Å². The first-order chi connectivity index (χ1) is 7.95. The summed E-state index contributed by atoms with van der Waals surface area (Å²) in [4.78, 5) is 11.8. The lowest BCUT2D eigenvalue weighted by Gasteiger charge is -2.16. The Hall–Kier alpha value is -1.16. The minimum atomic E-state index is -0.295.